The molecule has 0 saturated carbocycles. The van der Waals surface area contributed by atoms with E-state index >= 15 is 0 Å². The first-order chi connectivity index (χ1) is 17.6. The van der Waals surface area contributed by atoms with Crippen LogP contribution < -0.4 is 20.3 Å². The van der Waals surface area contributed by atoms with Crippen molar-refractivity contribution in [3.63, 3.8) is 0 Å². The molecule has 2 aromatic rings. The first-order valence-corrected chi connectivity index (χ1v) is 15.5. The van der Waals surface area contributed by atoms with Crippen LogP contribution in [-0.4, -0.2) is 40.2 Å². The summed E-state index contributed by atoms with van der Waals surface area (Å²) in [5.74, 6) is 0.0796. The van der Waals surface area contributed by atoms with Crippen molar-refractivity contribution in [1.29, 1.82) is 0 Å². The summed E-state index contributed by atoms with van der Waals surface area (Å²) in [6, 6.07) is 12.2. The van der Waals surface area contributed by atoms with Gasteiger partial charge in [-0.05, 0) is 74.7 Å². The largest absolute Gasteiger partial charge is 0.370 e. The lowest BCUT2D eigenvalue weighted by atomic mass is 10.1. The van der Waals surface area contributed by atoms with Crippen molar-refractivity contribution < 1.29 is 13.2 Å². The zero-order chi connectivity index (χ0) is 27.3. The number of aryl methyl sites for hydroxylation is 2. The summed E-state index contributed by atoms with van der Waals surface area (Å²) in [5.41, 5.74) is 5.98. The van der Waals surface area contributed by atoms with E-state index in [1.165, 1.54) is 38.4 Å². The van der Waals surface area contributed by atoms with Crippen molar-refractivity contribution in [2.75, 3.05) is 41.4 Å². The normalized spacial score (nSPS) is 11.4. The molecule has 0 radical (unpaired) electrons. The predicted molar refractivity (Wildman–Crippen MR) is 158 cm³/mol. The molecular formula is C29H46N4O3S. The van der Waals surface area contributed by atoms with E-state index in [1.807, 2.05) is 37.3 Å². The summed E-state index contributed by atoms with van der Waals surface area (Å²) < 4.78 is 25.2. The van der Waals surface area contributed by atoms with Crippen molar-refractivity contribution in [2.24, 2.45) is 0 Å². The average Bonchev–Trinajstić information content (AvgIpc) is 2.83. The number of likely N-dealkylation sites (N-methyl/N-ethyl adjacent to an activating group) is 1. The molecule has 0 aliphatic heterocycles. The first-order valence-electron chi connectivity index (χ1n) is 13.6. The fourth-order valence-electron chi connectivity index (χ4n) is 4.31. The summed E-state index contributed by atoms with van der Waals surface area (Å²) in [5, 5.41) is 6.54. The second-order valence-electron chi connectivity index (χ2n) is 9.82. The van der Waals surface area contributed by atoms with Crippen molar-refractivity contribution >= 4 is 38.7 Å². The molecule has 0 saturated heterocycles. The number of amides is 1. The van der Waals surface area contributed by atoms with E-state index in [2.05, 4.69) is 47.1 Å². The molecule has 2 rings (SSSR count). The van der Waals surface area contributed by atoms with Gasteiger partial charge in [0.1, 0.15) is 0 Å². The van der Waals surface area contributed by atoms with E-state index in [-0.39, 0.29) is 5.91 Å². The summed E-state index contributed by atoms with van der Waals surface area (Å²) in [6.07, 6.45) is 10.1. The number of sulfonamides is 1. The monoisotopic (exact) mass is 530 g/mol. The van der Waals surface area contributed by atoms with Gasteiger partial charge in [0.2, 0.25) is 15.9 Å². The van der Waals surface area contributed by atoms with Crippen molar-refractivity contribution in [3.05, 3.63) is 47.5 Å². The van der Waals surface area contributed by atoms with E-state index in [4.69, 9.17) is 0 Å². The summed E-state index contributed by atoms with van der Waals surface area (Å²) >= 11 is 0. The Kier molecular flexibility index (Phi) is 12.9. The van der Waals surface area contributed by atoms with Gasteiger partial charge in [-0.2, -0.15) is 0 Å². The second kappa shape index (κ2) is 15.6. The second-order valence-corrected chi connectivity index (χ2v) is 11.7. The highest BCUT2D eigenvalue weighted by Crippen LogP contribution is 2.28. The van der Waals surface area contributed by atoms with Crippen LogP contribution in [0.1, 0.15) is 76.3 Å². The minimum atomic E-state index is -3.19. The lowest BCUT2D eigenvalue weighted by Crippen LogP contribution is -2.34. The van der Waals surface area contributed by atoms with Crippen molar-refractivity contribution in [1.82, 2.24) is 4.72 Å². The Labute approximate surface area is 224 Å². The van der Waals surface area contributed by atoms with Gasteiger partial charge in [-0.1, -0.05) is 45.4 Å². The molecule has 0 atom stereocenters. The Balaban J connectivity index is 1.89. The van der Waals surface area contributed by atoms with E-state index in [0.717, 1.165) is 53.3 Å². The SMILES string of the molecule is CCCCCCCCCC(=O)Nc1ccc(Nc2ccc(N(CC)CCNS(C)(=O)=O)cc2C)cc1C. The van der Waals surface area contributed by atoms with Gasteiger partial charge in [0.25, 0.3) is 0 Å². The molecule has 206 valence electrons. The van der Waals surface area contributed by atoms with Gasteiger partial charge in [-0.15, -0.1) is 0 Å². The van der Waals surface area contributed by atoms with Gasteiger partial charge in [-0.3, -0.25) is 4.79 Å². The van der Waals surface area contributed by atoms with Crippen LogP contribution in [0.5, 0.6) is 0 Å². The third-order valence-corrected chi connectivity index (χ3v) is 7.22. The average molecular weight is 531 g/mol. The topological polar surface area (TPSA) is 90.5 Å². The third kappa shape index (κ3) is 11.6. The molecule has 0 aliphatic rings. The smallest absolute Gasteiger partial charge is 0.224 e. The Bertz CT molecular complexity index is 1100. The van der Waals surface area contributed by atoms with Crippen molar-refractivity contribution in [3.8, 4) is 0 Å². The number of hydrogen-bond acceptors (Lipinski definition) is 5. The standard InChI is InChI=1S/C29H46N4O3S/c1-6-8-9-10-11-12-13-14-29(34)32-28-17-15-25(21-23(28)3)31-27-18-16-26(22-24(27)4)33(7-2)20-19-30-37(5,35)36/h15-18,21-22,30-31H,6-14,19-20H2,1-5H3,(H,32,34). The van der Waals surface area contributed by atoms with E-state index in [1.54, 1.807) is 0 Å². The maximum absolute atomic E-state index is 12.4. The maximum Gasteiger partial charge on any atom is 0.224 e. The minimum absolute atomic E-state index is 0.0796. The van der Waals surface area contributed by atoms with Crippen LogP contribution in [0.2, 0.25) is 0 Å². The molecule has 3 N–H and O–H groups in total. The molecule has 1 amide bonds. The molecule has 2 aromatic carbocycles. The predicted octanol–water partition coefficient (Wildman–Crippen LogP) is 6.50. The van der Waals surface area contributed by atoms with Crippen LogP contribution in [0, 0.1) is 13.8 Å². The van der Waals surface area contributed by atoms with E-state index in [0.29, 0.717) is 19.5 Å². The number of rotatable bonds is 17. The Morgan fingerprint density at radius 2 is 1.51 bits per heavy atom. The number of carbonyl (C=O) groups is 1. The molecule has 0 aliphatic carbocycles. The number of nitrogens with one attached hydrogen (secondary N) is 3. The number of unbranched alkanes of at least 4 members (excludes halogenated alkanes) is 6. The van der Waals surface area contributed by atoms with E-state index < -0.39 is 10.0 Å². The lowest BCUT2D eigenvalue weighted by molar-refractivity contribution is -0.116. The van der Waals surface area contributed by atoms with Crippen LogP contribution in [0.25, 0.3) is 0 Å². The van der Waals surface area contributed by atoms with Gasteiger partial charge in [0.15, 0.2) is 0 Å². The van der Waals surface area contributed by atoms with Gasteiger partial charge in [0.05, 0.1) is 6.26 Å². The first kappa shape index (κ1) is 30.6. The highest BCUT2D eigenvalue weighted by atomic mass is 32.2. The number of benzene rings is 2. The quantitative estimate of drug-likeness (QED) is 0.203. The van der Waals surface area contributed by atoms with Gasteiger partial charge < -0.3 is 15.5 Å². The highest BCUT2D eigenvalue weighted by Gasteiger charge is 2.10. The van der Waals surface area contributed by atoms with Crippen LogP contribution in [-0.2, 0) is 14.8 Å². The molecular weight excluding hydrogens is 484 g/mol. The number of carbonyl (C=O) groups excluding carboxylic acids is 1. The molecule has 0 aromatic heterocycles. The van der Waals surface area contributed by atoms with Crippen LogP contribution in [0.3, 0.4) is 0 Å². The minimum Gasteiger partial charge on any atom is -0.370 e. The lowest BCUT2D eigenvalue weighted by Gasteiger charge is -2.24. The molecule has 0 heterocycles. The van der Waals surface area contributed by atoms with Crippen LogP contribution in [0.4, 0.5) is 22.7 Å². The molecule has 0 spiro atoms. The molecule has 0 bridgehead atoms. The molecule has 0 fully saturated rings. The number of anilines is 4. The summed E-state index contributed by atoms with van der Waals surface area (Å²) in [4.78, 5) is 14.5. The fraction of sp³-hybridized carbons (Fsp3) is 0.552. The summed E-state index contributed by atoms with van der Waals surface area (Å²) in [6.45, 7) is 10.1. The zero-order valence-electron chi connectivity index (χ0n) is 23.3. The Hall–Kier alpha value is -2.58. The molecule has 0 unspecified atom stereocenters. The number of hydrogen-bond donors (Lipinski definition) is 3. The van der Waals surface area contributed by atoms with Gasteiger partial charge in [-0.25, -0.2) is 13.1 Å². The zero-order valence-corrected chi connectivity index (χ0v) is 24.1. The fourth-order valence-corrected chi connectivity index (χ4v) is 4.78. The van der Waals surface area contributed by atoms with Crippen LogP contribution in [0.15, 0.2) is 36.4 Å². The summed E-state index contributed by atoms with van der Waals surface area (Å²) in [7, 11) is -3.19. The van der Waals surface area contributed by atoms with Gasteiger partial charge in [0, 0.05) is 48.8 Å². The third-order valence-electron chi connectivity index (χ3n) is 6.49. The number of nitrogens with zero attached hydrogens (tertiary/aromatic N) is 1. The molecule has 7 nitrogen and oxygen atoms in total. The van der Waals surface area contributed by atoms with Gasteiger partial charge >= 0.3 is 0 Å². The van der Waals surface area contributed by atoms with Crippen LogP contribution >= 0.6 is 0 Å². The Morgan fingerprint density at radius 1 is 0.865 bits per heavy atom. The molecule has 37 heavy (non-hydrogen) atoms. The molecule has 8 heteroatoms. The Morgan fingerprint density at radius 3 is 2.14 bits per heavy atom. The maximum atomic E-state index is 12.4. The van der Waals surface area contributed by atoms with E-state index in [9.17, 15) is 13.2 Å². The highest BCUT2D eigenvalue weighted by molar-refractivity contribution is 7.88. The van der Waals surface area contributed by atoms with Crippen molar-refractivity contribution in [2.45, 2.75) is 79.1 Å².